The van der Waals surface area contributed by atoms with Crippen LogP contribution in [0.15, 0.2) is 0 Å². The molecular weight excluding hydrogens is 234 g/mol. The van der Waals surface area contributed by atoms with Gasteiger partial charge in [0.15, 0.2) is 0 Å². The predicted octanol–water partition coefficient (Wildman–Crippen LogP) is 3.21. The van der Waals surface area contributed by atoms with Crippen LogP contribution in [0.4, 0.5) is 0 Å². The van der Waals surface area contributed by atoms with E-state index in [9.17, 15) is 8.42 Å². The van der Waals surface area contributed by atoms with Gasteiger partial charge in [0.05, 0.1) is 6.26 Å². The molecule has 4 heteroatoms. The van der Waals surface area contributed by atoms with Gasteiger partial charge < -0.3 is 0 Å². The second kappa shape index (κ2) is 8.09. The van der Waals surface area contributed by atoms with Gasteiger partial charge in [-0.2, -0.15) is 0 Å². The first-order valence-corrected chi connectivity index (χ1v) is 8.94. The van der Waals surface area contributed by atoms with Gasteiger partial charge in [-0.3, -0.25) is 0 Å². The summed E-state index contributed by atoms with van der Waals surface area (Å²) >= 11 is 0. The fraction of sp³-hybridized carbons (Fsp3) is 1.00. The van der Waals surface area contributed by atoms with Gasteiger partial charge in [-0.1, -0.05) is 57.8 Å². The molecule has 0 saturated heterocycles. The van der Waals surface area contributed by atoms with E-state index < -0.39 is 10.0 Å². The average Bonchev–Trinajstić information content (AvgIpc) is 2.20. The maximum atomic E-state index is 11.3. The molecular formula is C13H27NO2S. The molecule has 0 radical (unpaired) electrons. The molecule has 0 spiro atoms. The Labute approximate surface area is 106 Å². The summed E-state index contributed by atoms with van der Waals surface area (Å²) in [5.74, 6) is 0. The number of hydrogen-bond donors (Lipinski definition) is 1. The molecule has 0 heterocycles. The standard InChI is InChI=1S/C13H27NO2S/c1-17(15,16)14-13-11-9-7-5-3-2-4-6-8-10-12-13/h13-14H,2-12H2,1H3. The summed E-state index contributed by atoms with van der Waals surface area (Å²) in [6.07, 6.45) is 14.8. The van der Waals surface area contributed by atoms with Gasteiger partial charge >= 0.3 is 0 Å². The molecule has 0 unspecified atom stereocenters. The van der Waals surface area contributed by atoms with E-state index in [0.717, 1.165) is 25.7 Å². The highest BCUT2D eigenvalue weighted by Crippen LogP contribution is 2.17. The number of rotatable bonds is 2. The molecule has 1 fully saturated rings. The van der Waals surface area contributed by atoms with Crippen molar-refractivity contribution < 1.29 is 8.42 Å². The normalized spacial score (nSPS) is 22.6. The van der Waals surface area contributed by atoms with Crippen molar-refractivity contribution in [2.75, 3.05) is 6.26 Å². The second-order valence-corrected chi connectivity index (χ2v) is 7.13. The van der Waals surface area contributed by atoms with Crippen molar-refractivity contribution in [3.05, 3.63) is 0 Å². The van der Waals surface area contributed by atoms with Crippen molar-refractivity contribution in [1.29, 1.82) is 0 Å². The summed E-state index contributed by atoms with van der Waals surface area (Å²) in [7, 11) is -3.04. The Balaban J connectivity index is 2.37. The van der Waals surface area contributed by atoms with Gasteiger partial charge in [-0.15, -0.1) is 0 Å². The van der Waals surface area contributed by atoms with E-state index in [1.807, 2.05) is 0 Å². The van der Waals surface area contributed by atoms with Gasteiger partial charge in [-0.05, 0) is 12.8 Å². The molecule has 1 saturated carbocycles. The fourth-order valence-electron chi connectivity index (χ4n) is 2.58. The Kier molecular flexibility index (Phi) is 7.12. The molecule has 1 aliphatic carbocycles. The molecule has 1 rings (SSSR count). The molecule has 0 aliphatic heterocycles. The van der Waals surface area contributed by atoms with Crippen molar-refractivity contribution in [2.45, 2.75) is 76.7 Å². The van der Waals surface area contributed by atoms with Gasteiger partial charge in [-0.25, -0.2) is 13.1 Å². The zero-order valence-corrected chi connectivity index (χ0v) is 11.9. The van der Waals surface area contributed by atoms with Crippen molar-refractivity contribution in [2.24, 2.45) is 0 Å². The summed E-state index contributed by atoms with van der Waals surface area (Å²) in [5.41, 5.74) is 0. The Morgan fingerprint density at radius 3 is 1.47 bits per heavy atom. The van der Waals surface area contributed by atoms with Crippen LogP contribution < -0.4 is 4.72 Å². The lowest BCUT2D eigenvalue weighted by Crippen LogP contribution is -2.34. The third-order valence-corrected chi connectivity index (χ3v) is 4.25. The van der Waals surface area contributed by atoms with E-state index in [4.69, 9.17) is 0 Å². The molecule has 0 aromatic heterocycles. The van der Waals surface area contributed by atoms with Crippen LogP contribution in [0.25, 0.3) is 0 Å². The maximum Gasteiger partial charge on any atom is 0.208 e. The van der Waals surface area contributed by atoms with E-state index in [0.29, 0.717) is 0 Å². The number of hydrogen-bond acceptors (Lipinski definition) is 2. The van der Waals surface area contributed by atoms with Crippen LogP contribution in [0.3, 0.4) is 0 Å². The Hall–Kier alpha value is -0.0900. The van der Waals surface area contributed by atoms with Crippen LogP contribution in [0.1, 0.15) is 70.6 Å². The topological polar surface area (TPSA) is 46.2 Å². The number of nitrogens with one attached hydrogen (secondary N) is 1. The van der Waals surface area contributed by atoms with Crippen molar-refractivity contribution in [3.8, 4) is 0 Å². The zero-order chi connectivity index (χ0) is 12.6. The van der Waals surface area contributed by atoms with Crippen molar-refractivity contribution >= 4 is 10.0 Å². The minimum absolute atomic E-state index is 0.171. The zero-order valence-electron chi connectivity index (χ0n) is 11.1. The lowest BCUT2D eigenvalue weighted by molar-refractivity contribution is 0.441. The first-order valence-electron chi connectivity index (χ1n) is 7.05. The molecule has 0 bridgehead atoms. The van der Waals surface area contributed by atoms with Crippen LogP contribution >= 0.6 is 0 Å². The largest absolute Gasteiger partial charge is 0.213 e. The van der Waals surface area contributed by atoms with Crippen LogP contribution in [0.2, 0.25) is 0 Å². The second-order valence-electron chi connectivity index (χ2n) is 5.35. The minimum atomic E-state index is -3.04. The van der Waals surface area contributed by atoms with Crippen LogP contribution in [0.5, 0.6) is 0 Å². The van der Waals surface area contributed by atoms with E-state index in [-0.39, 0.29) is 6.04 Å². The smallest absolute Gasteiger partial charge is 0.208 e. The molecule has 1 aliphatic rings. The fourth-order valence-corrected chi connectivity index (χ4v) is 3.43. The summed E-state index contributed by atoms with van der Waals surface area (Å²) in [4.78, 5) is 0. The van der Waals surface area contributed by atoms with Crippen LogP contribution in [-0.4, -0.2) is 20.7 Å². The van der Waals surface area contributed by atoms with Crippen molar-refractivity contribution in [1.82, 2.24) is 4.72 Å². The summed E-state index contributed by atoms with van der Waals surface area (Å²) < 4.78 is 25.3. The Bertz CT molecular complexity index is 276. The molecule has 0 amide bonds. The first-order chi connectivity index (χ1) is 8.08. The van der Waals surface area contributed by atoms with Gasteiger partial charge in [0.25, 0.3) is 0 Å². The van der Waals surface area contributed by atoms with Crippen molar-refractivity contribution in [3.63, 3.8) is 0 Å². The van der Waals surface area contributed by atoms with Crippen LogP contribution in [0, 0.1) is 0 Å². The Morgan fingerprint density at radius 1 is 0.765 bits per heavy atom. The third-order valence-electron chi connectivity index (χ3n) is 3.49. The minimum Gasteiger partial charge on any atom is -0.213 e. The summed E-state index contributed by atoms with van der Waals surface area (Å²) in [6.45, 7) is 0. The van der Waals surface area contributed by atoms with E-state index in [1.54, 1.807) is 0 Å². The van der Waals surface area contributed by atoms with E-state index in [1.165, 1.54) is 51.2 Å². The first kappa shape index (κ1) is 15.0. The molecule has 17 heavy (non-hydrogen) atoms. The lowest BCUT2D eigenvalue weighted by atomic mass is 9.98. The quantitative estimate of drug-likeness (QED) is 0.829. The van der Waals surface area contributed by atoms with Gasteiger partial charge in [0.1, 0.15) is 0 Å². The predicted molar refractivity (Wildman–Crippen MR) is 72.6 cm³/mol. The van der Waals surface area contributed by atoms with E-state index >= 15 is 0 Å². The molecule has 102 valence electrons. The number of sulfonamides is 1. The van der Waals surface area contributed by atoms with E-state index in [2.05, 4.69) is 4.72 Å². The van der Waals surface area contributed by atoms with Crippen LogP contribution in [-0.2, 0) is 10.0 Å². The Morgan fingerprint density at radius 2 is 1.12 bits per heavy atom. The summed E-state index contributed by atoms with van der Waals surface area (Å²) in [6, 6.07) is 0.171. The van der Waals surface area contributed by atoms with Gasteiger partial charge in [0, 0.05) is 6.04 Å². The highest BCUT2D eigenvalue weighted by molar-refractivity contribution is 7.88. The van der Waals surface area contributed by atoms with Gasteiger partial charge in [0.2, 0.25) is 10.0 Å². The SMILES string of the molecule is CS(=O)(=O)NC1CCCCCCCCCCC1. The molecule has 0 atom stereocenters. The monoisotopic (exact) mass is 261 g/mol. The summed E-state index contributed by atoms with van der Waals surface area (Å²) in [5, 5.41) is 0. The average molecular weight is 261 g/mol. The maximum absolute atomic E-state index is 11.3. The molecule has 1 N–H and O–H groups in total. The molecule has 3 nitrogen and oxygen atoms in total. The molecule has 0 aromatic carbocycles. The highest BCUT2D eigenvalue weighted by atomic mass is 32.2. The third kappa shape index (κ3) is 8.61. The lowest BCUT2D eigenvalue weighted by Gasteiger charge is -2.18. The highest BCUT2D eigenvalue weighted by Gasteiger charge is 2.13. The molecule has 0 aromatic rings.